The maximum Gasteiger partial charge on any atom is 0.257 e. The minimum Gasteiger partial charge on any atom is -0.432 e. The van der Waals surface area contributed by atoms with Gasteiger partial charge in [-0.1, -0.05) is 67.4 Å². The number of pyridine rings is 1. The first-order valence-electron chi connectivity index (χ1n) is 11.1. The quantitative estimate of drug-likeness (QED) is 0.167. The highest BCUT2D eigenvalue weighted by Gasteiger charge is 2.43. The molecule has 0 atom stereocenters. The molecule has 180 valence electrons. The van der Waals surface area contributed by atoms with E-state index in [2.05, 4.69) is 0 Å². The Morgan fingerprint density at radius 3 is 2.46 bits per heavy atom. The second kappa shape index (κ2) is 9.15. The Bertz CT molecular complexity index is 1430. The number of rotatable bonds is 5. The summed E-state index contributed by atoms with van der Waals surface area (Å²) in [6, 6.07) is 16.5. The molecule has 1 aliphatic heterocycles. The van der Waals surface area contributed by atoms with Gasteiger partial charge in [-0.2, -0.15) is 0 Å². The Labute approximate surface area is 216 Å². The molecule has 0 amide bonds. The van der Waals surface area contributed by atoms with Crippen LogP contribution in [0.25, 0.3) is 33.5 Å². The zero-order chi connectivity index (χ0) is 24.9. The molecule has 0 saturated carbocycles. The van der Waals surface area contributed by atoms with E-state index in [1.54, 1.807) is 32.0 Å². The largest absolute Gasteiger partial charge is 0.432 e. The summed E-state index contributed by atoms with van der Waals surface area (Å²) in [5.74, 6) is -2.23. The third kappa shape index (κ3) is 4.32. The molecule has 6 nitrogen and oxygen atoms in total. The van der Waals surface area contributed by atoms with Crippen LogP contribution in [0, 0.1) is 5.92 Å². The highest BCUT2D eigenvalue weighted by molar-refractivity contribution is 8.01. The highest BCUT2D eigenvalue weighted by atomic mass is 35.5. The molecule has 4 aromatic rings. The molecule has 9 heteroatoms. The van der Waals surface area contributed by atoms with Crippen LogP contribution in [0.4, 0.5) is 5.69 Å². The van der Waals surface area contributed by atoms with Crippen LogP contribution in [0.15, 0.2) is 59.0 Å². The normalized spacial score (nSPS) is 15.3. The molecular formula is C26H22Cl2N2O4S. The molecule has 0 aliphatic carbocycles. The van der Waals surface area contributed by atoms with Gasteiger partial charge in [-0.15, -0.1) is 0 Å². The van der Waals surface area contributed by atoms with E-state index in [9.17, 15) is 15.0 Å². The molecule has 1 saturated heterocycles. The smallest absolute Gasteiger partial charge is 0.257 e. The van der Waals surface area contributed by atoms with Gasteiger partial charge in [0.05, 0.1) is 11.1 Å². The number of carbonyl (C=O) groups excluding carboxylic acids is 1. The maximum atomic E-state index is 13.1. The first kappa shape index (κ1) is 24.2. The number of furan rings is 1. The van der Waals surface area contributed by atoms with Crippen LogP contribution >= 0.6 is 35.1 Å². The van der Waals surface area contributed by atoms with Gasteiger partial charge in [-0.3, -0.25) is 9.10 Å². The van der Waals surface area contributed by atoms with Crippen LogP contribution in [0.3, 0.4) is 0 Å². The number of hydrogen-bond donors (Lipinski definition) is 2. The number of ketones is 1. The fourth-order valence-electron chi connectivity index (χ4n) is 4.07. The summed E-state index contributed by atoms with van der Waals surface area (Å²) in [4.78, 5) is 18.0. The first-order valence-corrected chi connectivity index (χ1v) is 12.8. The van der Waals surface area contributed by atoms with Crippen LogP contribution in [0.2, 0.25) is 10.0 Å². The number of aliphatic hydroxyl groups is 2. The maximum absolute atomic E-state index is 13.1. The van der Waals surface area contributed by atoms with Crippen molar-refractivity contribution in [3.8, 4) is 22.4 Å². The number of aromatic nitrogens is 1. The Hall–Kier alpha value is -2.55. The lowest BCUT2D eigenvalue weighted by Gasteiger charge is -2.28. The van der Waals surface area contributed by atoms with E-state index in [1.807, 2.05) is 36.4 Å². The second-order valence-electron chi connectivity index (χ2n) is 8.67. The summed E-state index contributed by atoms with van der Waals surface area (Å²) >= 11 is 13.9. The zero-order valence-corrected chi connectivity index (χ0v) is 21.3. The standard InChI is InChI=1S/C26H22Cl2N2O4S/c1-14(2)23(31)24-22(30-26(32,33)11-12-35-30)19-13-18(15-7-9-16(27)10-8-15)21(29-25(19)34-24)17-5-3-4-6-20(17)28/h3-10,13-14,32-33H,11-12H2,1-2H3. The molecule has 0 spiro atoms. The molecule has 3 heterocycles. The lowest BCUT2D eigenvalue weighted by atomic mass is 9.97. The zero-order valence-electron chi connectivity index (χ0n) is 19.0. The van der Waals surface area contributed by atoms with Crippen molar-refractivity contribution in [3.05, 3.63) is 70.4 Å². The van der Waals surface area contributed by atoms with Crippen molar-refractivity contribution in [1.82, 2.24) is 4.98 Å². The van der Waals surface area contributed by atoms with Crippen molar-refractivity contribution in [3.63, 3.8) is 0 Å². The number of anilines is 1. The Morgan fingerprint density at radius 2 is 1.83 bits per heavy atom. The fraction of sp³-hybridized carbons (Fsp3) is 0.231. The average molecular weight is 529 g/mol. The van der Waals surface area contributed by atoms with E-state index in [0.29, 0.717) is 38.1 Å². The predicted molar refractivity (Wildman–Crippen MR) is 141 cm³/mol. The third-order valence-electron chi connectivity index (χ3n) is 5.88. The van der Waals surface area contributed by atoms with Crippen molar-refractivity contribution >= 4 is 57.7 Å². The molecule has 2 aromatic heterocycles. The molecule has 2 aromatic carbocycles. The van der Waals surface area contributed by atoms with E-state index in [1.165, 1.54) is 16.3 Å². The molecular weight excluding hydrogens is 507 g/mol. The van der Waals surface area contributed by atoms with Crippen molar-refractivity contribution in [2.75, 3.05) is 10.1 Å². The minimum absolute atomic E-state index is 0.0442. The molecule has 1 fully saturated rings. The average Bonchev–Trinajstić information content (AvgIpc) is 3.36. The molecule has 1 aliphatic rings. The van der Waals surface area contributed by atoms with E-state index in [0.717, 1.165) is 11.1 Å². The minimum atomic E-state index is -2.13. The van der Waals surface area contributed by atoms with Gasteiger partial charge in [0, 0.05) is 39.3 Å². The van der Waals surface area contributed by atoms with Gasteiger partial charge >= 0.3 is 0 Å². The van der Waals surface area contributed by atoms with Crippen molar-refractivity contribution in [1.29, 1.82) is 0 Å². The van der Waals surface area contributed by atoms with E-state index >= 15 is 0 Å². The number of hydrogen-bond acceptors (Lipinski definition) is 7. The summed E-state index contributed by atoms with van der Waals surface area (Å²) < 4.78 is 7.38. The number of fused-ring (bicyclic) bond motifs is 1. The number of halogens is 2. The Morgan fingerprint density at radius 1 is 1.11 bits per heavy atom. The topological polar surface area (TPSA) is 86.8 Å². The van der Waals surface area contributed by atoms with Crippen LogP contribution in [-0.4, -0.2) is 32.6 Å². The van der Waals surface area contributed by atoms with Gasteiger partial charge in [0.2, 0.25) is 11.5 Å². The van der Waals surface area contributed by atoms with Crippen molar-refractivity contribution in [2.45, 2.75) is 26.2 Å². The summed E-state index contributed by atoms with van der Waals surface area (Å²) in [6.45, 7) is 3.53. The fourth-order valence-corrected chi connectivity index (χ4v) is 5.58. The summed E-state index contributed by atoms with van der Waals surface area (Å²) in [6.07, 6.45) is 0.120. The van der Waals surface area contributed by atoms with E-state index in [-0.39, 0.29) is 29.6 Å². The van der Waals surface area contributed by atoms with Gasteiger partial charge in [0.15, 0.2) is 5.76 Å². The van der Waals surface area contributed by atoms with E-state index < -0.39 is 5.91 Å². The second-order valence-corrected chi connectivity index (χ2v) is 10.5. The number of nitrogens with zero attached hydrogens (tertiary/aromatic N) is 2. The first-order chi connectivity index (χ1) is 16.7. The van der Waals surface area contributed by atoms with Crippen LogP contribution < -0.4 is 4.31 Å². The molecule has 0 radical (unpaired) electrons. The number of Topliss-reactive ketones (excluding diaryl/α,β-unsaturated/α-hetero) is 1. The van der Waals surface area contributed by atoms with Crippen molar-refractivity contribution < 1.29 is 19.4 Å². The van der Waals surface area contributed by atoms with Crippen LogP contribution in [0.1, 0.15) is 30.8 Å². The van der Waals surface area contributed by atoms with Gasteiger partial charge < -0.3 is 14.6 Å². The molecule has 0 bridgehead atoms. The monoisotopic (exact) mass is 528 g/mol. The molecule has 2 N–H and O–H groups in total. The predicted octanol–water partition coefficient (Wildman–Crippen LogP) is 6.80. The lowest BCUT2D eigenvalue weighted by molar-refractivity contribution is -0.143. The SMILES string of the molecule is CC(C)C(=O)c1oc2nc(-c3ccccc3Cl)c(-c3ccc(Cl)cc3)cc2c1N1SCCC1(O)O. The van der Waals surface area contributed by atoms with E-state index in [4.69, 9.17) is 32.6 Å². The Kier molecular flexibility index (Phi) is 6.32. The Balaban J connectivity index is 1.85. The number of carbonyl (C=O) groups is 1. The number of benzene rings is 2. The highest BCUT2D eigenvalue weighted by Crippen LogP contribution is 2.47. The van der Waals surface area contributed by atoms with Gasteiger partial charge in [0.1, 0.15) is 5.69 Å². The van der Waals surface area contributed by atoms with Crippen LogP contribution in [0.5, 0.6) is 0 Å². The summed E-state index contributed by atoms with van der Waals surface area (Å²) in [5, 5.41) is 22.9. The summed E-state index contributed by atoms with van der Waals surface area (Å²) in [7, 11) is 0. The summed E-state index contributed by atoms with van der Waals surface area (Å²) in [5.41, 5.74) is 3.35. The molecule has 0 unspecified atom stereocenters. The van der Waals surface area contributed by atoms with Gasteiger partial charge in [0.25, 0.3) is 5.91 Å². The lowest BCUT2D eigenvalue weighted by Crippen LogP contribution is -2.41. The third-order valence-corrected chi connectivity index (χ3v) is 7.58. The van der Waals surface area contributed by atoms with Crippen molar-refractivity contribution in [2.24, 2.45) is 5.92 Å². The van der Waals surface area contributed by atoms with Crippen LogP contribution in [-0.2, 0) is 0 Å². The molecule has 35 heavy (non-hydrogen) atoms. The van der Waals surface area contributed by atoms with Gasteiger partial charge in [-0.05, 0) is 41.8 Å². The molecule has 5 rings (SSSR count). The van der Waals surface area contributed by atoms with Gasteiger partial charge in [-0.25, -0.2) is 4.98 Å².